The van der Waals surface area contributed by atoms with Gasteiger partial charge in [0, 0.05) is 19.1 Å². The van der Waals surface area contributed by atoms with Crippen LogP contribution in [0.5, 0.6) is 0 Å². The minimum absolute atomic E-state index is 0.101. The lowest BCUT2D eigenvalue weighted by atomic mass is 9.66. The summed E-state index contributed by atoms with van der Waals surface area (Å²) in [4.78, 5) is 12.7. The highest BCUT2D eigenvalue weighted by atomic mass is 79.9. The molecule has 0 aromatic carbocycles. The van der Waals surface area contributed by atoms with Crippen molar-refractivity contribution in [1.82, 2.24) is 0 Å². The second kappa shape index (κ2) is 6.04. The Kier molecular flexibility index (Phi) is 4.64. The number of ether oxygens (including phenoxy) is 2. The summed E-state index contributed by atoms with van der Waals surface area (Å²) in [6.07, 6.45) is 6.52. The Hall–Kier alpha value is 0.250. The van der Waals surface area contributed by atoms with Gasteiger partial charge in [-0.2, -0.15) is 0 Å². The third-order valence-corrected chi connectivity index (χ3v) is 6.60. The molecule has 4 atom stereocenters. The molecule has 4 aliphatic rings. The monoisotopic (exact) mass is 422 g/mol. The lowest BCUT2D eigenvalue weighted by molar-refractivity contribution is -0.137. The Morgan fingerprint density at radius 2 is 2.10 bits per heavy atom. The number of rotatable bonds is 7. The first kappa shape index (κ1) is 16.1. The fraction of sp³-hybridized carbons (Fsp3) is 0.800. The molecule has 2 fully saturated rings. The summed E-state index contributed by atoms with van der Waals surface area (Å²) in [7, 11) is 0. The van der Waals surface area contributed by atoms with Crippen LogP contribution in [0.2, 0.25) is 0 Å². The van der Waals surface area contributed by atoms with Gasteiger partial charge in [0.25, 0.3) is 0 Å². The number of hydrogen-bond acceptors (Lipinski definition) is 4. The van der Waals surface area contributed by atoms with Gasteiger partial charge in [-0.25, -0.2) is 0 Å². The van der Waals surface area contributed by atoms with E-state index in [2.05, 4.69) is 31.9 Å². The maximum Gasteiger partial charge on any atom is 0.190 e. The predicted molar refractivity (Wildman–Crippen MR) is 85.8 cm³/mol. The molecule has 4 nitrogen and oxygen atoms in total. The van der Waals surface area contributed by atoms with Gasteiger partial charge < -0.3 is 14.6 Å². The quantitative estimate of drug-likeness (QED) is 0.388. The standard InChI is InChI=1S/C15H20Br2O4/c16-11-8-14(17)12(20-6-4-2-1-3-5-18)7-10(11)15(9-21-15)13(14)19/h8,10,12,18H,1-7,9H2/t10?,12?,14?,15-/m0/s1. The summed E-state index contributed by atoms with van der Waals surface area (Å²) in [5, 5.41) is 8.74. The van der Waals surface area contributed by atoms with Crippen LogP contribution in [0.3, 0.4) is 0 Å². The summed E-state index contributed by atoms with van der Waals surface area (Å²) in [5.41, 5.74) is -0.599. The summed E-state index contributed by atoms with van der Waals surface area (Å²) in [6, 6.07) is 0. The van der Waals surface area contributed by atoms with Crippen molar-refractivity contribution in [2.45, 2.75) is 48.1 Å². The van der Waals surface area contributed by atoms with Gasteiger partial charge in [0.15, 0.2) is 11.4 Å². The number of aliphatic hydroxyl groups excluding tert-OH is 1. The third kappa shape index (κ3) is 2.67. The van der Waals surface area contributed by atoms with E-state index in [0.717, 1.165) is 36.6 Å². The molecule has 0 radical (unpaired) electrons. The molecule has 1 aliphatic heterocycles. The van der Waals surface area contributed by atoms with Crippen molar-refractivity contribution < 1.29 is 19.4 Å². The number of ketones is 1. The van der Waals surface area contributed by atoms with Gasteiger partial charge in [-0.05, 0) is 29.8 Å². The van der Waals surface area contributed by atoms with Crippen LogP contribution >= 0.6 is 31.9 Å². The number of hydrogen-bond donors (Lipinski definition) is 1. The highest BCUT2D eigenvalue weighted by Crippen LogP contribution is 2.59. The molecule has 0 aromatic rings. The Morgan fingerprint density at radius 3 is 2.76 bits per heavy atom. The van der Waals surface area contributed by atoms with Crippen LogP contribution in [0.1, 0.15) is 32.1 Å². The van der Waals surface area contributed by atoms with Crippen LogP contribution in [0.15, 0.2) is 10.6 Å². The lowest BCUT2D eigenvalue weighted by Crippen LogP contribution is -2.62. The molecular weight excluding hydrogens is 404 g/mol. The van der Waals surface area contributed by atoms with E-state index in [0.29, 0.717) is 13.2 Å². The van der Waals surface area contributed by atoms with Crippen LogP contribution in [0, 0.1) is 5.92 Å². The van der Waals surface area contributed by atoms with E-state index in [-0.39, 0.29) is 24.4 Å². The van der Waals surface area contributed by atoms with Crippen molar-refractivity contribution in [2.75, 3.05) is 19.8 Å². The predicted octanol–water partition coefficient (Wildman–Crippen LogP) is 2.71. The highest BCUT2D eigenvalue weighted by molar-refractivity contribution is 9.12. The van der Waals surface area contributed by atoms with Gasteiger partial charge in [0.2, 0.25) is 0 Å². The van der Waals surface area contributed by atoms with Crippen LogP contribution in [-0.4, -0.2) is 46.7 Å². The number of alkyl halides is 1. The normalized spacial score (nSPS) is 40.7. The fourth-order valence-corrected chi connectivity index (χ4v) is 5.52. The zero-order valence-electron chi connectivity index (χ0n) is 11.8. The van der Waals surface area contributed by atoms with Crippen LogP contribution in [-0.2, 0) is 14.3 Å². The molecule has 1 saturated heterocycles. The first-order valence-corrected chi connectivity index (χ1v) is 9.11. The van der Waals surface area contributed by atoms with Gasteiger partial charge >= 0.3 is 0 Å². The van der Waals surface area contributed by atoms with Crippen molar-refractivity contribution in [3.63, 3.8) is 0 Å². The Bertz CT molecular complexity index is 461. The van der Waals surface area contributed by atoms with Gasteiger partial charge in [-0.3, -0.25) is 4.79 Å². The van der Waals surface area contributed by atoms with Gasteiger partial charge in [-0.15, -0.1) is 0 Å². The third-order valence-electron chi connectivity index (χ3n) is 4.72. The molecule has 1 N–H and O–H groups in total. The largest absolute Gasteiger partial charge is 0.396 e. The van der Waals surface area contributed by atoms with Crippen molar-refractivity contribution in [2.24, 2.45) is 5.92 Å². The molecule has 3 unspecified atom stereocenters. The summed E-state index contributed by atoms with van der Waals surface area (Å²) >= 11 is 7.20. The Labute approximate surface area is 141 Å². The number of aliphatic hydroxyl groups is 1. The minimum atomic E-state index is -0.748. The molecule has 1 saturated carbocycles. The molecule has 3 aliphatic carbocycles. The molecule has 0 aromatic heterocycles. The fourth-order valence-electron chi connectivity index (χ4n) is 3.39. The van der Waals surface area contributed by atoms with Crippen molar-refractivity contribution in [3.8, 4) is 0 Å². The molecular formula is C15H20Br2O4. The first-order valence-electron chi connectivity index (χ1n) is 7.53. The molecule has 0 amide bonds. The number of Topliss-reactive ketones (excluding diaryl/α,β-unsaturated/α-hetero) is 1. The number of halogens is 2. The maximum absolute atomic E-state index is 12.7. The van der Waals surface area contributed by atoms with E-state index >= 15 is 0 Å². The Morgan fingerprint density at radius 1 is 1.38 bits per heavy atom. The van der Waals surface area contributed by atoms with Crippen LogP contribution in [0.25, 0.3) is 0 Å². The number of epoxide rings is 1. The van der Waals surface area contributed by atoms with Crippen LogP contribution in [0.4, 0.5) is 0 Å². The number of fused-ring (bicyclic) bond motifs is 1. The molecule has 1 heterocycles. The van der Waals surface area contributed by atoms with E-state index in [1.807, 2.05) is 6.08 Å². The maximum atomic E-state index is 12.7. The first-order chi connectivity index (χ1) is 10.0. The average molecular weight is 424 g/mol. The van der Waals surface area contributed by atoms with E-state index < -0.39 is 9.93 Å². The number of carbonyl (C=O) groups is 1. The smallest absolute Gasteiger partial charge is 0.190 e. The number of unbranched alkanes of at least 4 members (excludes halogenated alkanes) is 3. The topological polar surface area (TPSA) is 59.1 Å². The zero-order valence-corrected chi connectivity index (χ0v) is 15.0. The minimum Gasteiger partial charge on any atom is -0.396 e. The summed E-state index contributed by atoms with van der Waals surface area (Å²) in [5.74, 6) is 0.212. The second-order valence-corrected chi connectivity index (χ2v) is 8.32. The van der Waals surface area contributed by atoms with Crippen LogP contribution < -0.4 is 0 Å². The summed E-state index contributed by atoms with van der Waals surface area (Å²) in [6.45, 7) is 1.44. The SMILES string of the molecule is O=C1C2(Br)C=C(Br)C(CC2OCCCCCCO)[C@@]12CO2. The van der Waals surface area contributed by atoms with Gasteiger partial charge in [0.1, 0.15) is 4.32 Å². The molecule has 2 bridgehead atoms. The summed E-state index contributed by atoms with van der Waals surface area (Å²) < 4.78 is 11.8. The Balaban J connectivity index is 1.58. The van der Waals surface area contributed by atoms with E-state index in [1.54, 1.807) is 0 Å². The van der Waals surface area contributed by atoms with E-state index in [1.165, 1.54) is 0 Å². The molecule has 1 spiro atoms. The average Bonchev–Trinajstić information content (AvgIpc) is 3.23. The molecule has 4 rings (SSSR count). The van der Waals surface area contributed by atoms with Crippen molar-refractivity contribution in [3.05, 3.63) is 10.6 Å². The molecule has 118 valence electrons. The number of carbonyl (C=O) groups excluding carboxylic acids is 1. The van der Waals surface area contributed by atoms with Crippen molar-refractivity contribution in [1.29, 1.82) is 0 Å². The lowest BCUT2D eigenvalue weighted by Gasteiger charge is -2.47. The second-order valence-electron chi connectivity index (χ2n) is 6.09. The van der Waals surface area contributed by atoms with Gasteiger partial charge in [-0.1, -0.05) is 44.7 Å². The highest BCUT2D eigenvalue weighted by Gasteiger charge is 2.71. The van der Waals surface area contributed by atoms with Gasteiger partial charge in [0.05, 0.1) is 12.7 Å². The van der Waals surface area contributed by atoms with Crippen molar-refractivity contribution >= 4 is 37.6 Å². The molecule has 21 heavy (non-hydrogen) atoms. The molecule has 6 heteroatoms. The zero-order chi connectivity index (χ0) is 15.1. The van der Waals surface area contributed by atoms with E-state index in [9.17, 15) is 4.79 Å². The van der Waals surface area contributed by atoms with E-state index in [4.69, 9.17) is 14.6 Å².